The van der Waals surface area contributed by atoms with Gasteiger partial charge in [0.1, 0.15) is 0 Å². The summed E-state index contributed by atoms with van der Waals surface area (Å²) >= 11 is 3.45. The van der Waals surface area contributed by atoms with Crippen LogP contribution in [0.5, 0.6) is 0 Å². The fourth-order valence-corrected chi connectivity index (χ4v) is 4.97. The van der Waals surface area contributed by atoms with Gasteiger partial charge in [-0.05, 0) is 53.8 Å². The van der Waals surface area contributed by atoms with Gasteiger partial charge in [0.2, 0.25) is 0 Å². The van der Waals surface area contributed by atoms with E-state index in [0.717, 1.165) is 35.2 Å². The van der Waals surface area contributed by atoms with Crippen LogP contribution in [0.2, 0.25) is 0 Å². The highest BCUT2D eigenvalue weighted by molar-refractivity contribution is 9.10. The minimum absolute atomic E-state index is 0.230. The van der Waals surface area contributed by atoms with Crippen molar-refractivity contribution in [3.8, 4) is 0 Å². The predicted molar refractivity (Wildman–Crippen MR) is 130 cm³/mol. The fourth-order valence-electron chi connectivity index (χ4n) is 4.70. The topological polar surface area (TPSA) is 60.9 Å². The first-order valence-electron chi connectivity index (χ1n) is 11.2. The SMILES string of the molecule is O=C1c2ccccc2C(=O)N1Cc1ccc(CN2CCC(O)(c3ccc(Br)cc3)CC2)cc1. The smallest absolute Gasteiger partial charge is 0.261 e. The molecule has 1 N–H and O–H groups in total. The molecule has 2 aliphatic rings. The number of hydrogen-bond donors (Lipinski definition) is 1. The zero-order valence-corrected chi connectivity index (χ0v) is 19.8. The Morgan fingerprint density at radius 2 is 1.27 bits per heavy atom. The van der Waals surface area contributed by atoms with E-state index in [4.69, 9.17) is 0 Å². The maximum atomic E-state index is 12.6. The lowest BCUT2D eigenvalue weighted by Gasteiger charge is -2.38. The lowest BCUT2D eigenvalue weighted by molar-refractivity contribution is -0.0277. The van der Waals surface area contributed by atoms with Gasteiger partial charge in [-0.1, -0.05) is 64.5 Å². The third kappa shape index (κ3) is 4.38. The summed E-state index contributed by atoms with van der Waals surface area (Å²) in [4.78, 5) is 28.8. The van der Waals surface area contributed by atoms with E-state index >= 15 is 0 Å². The first-order valence-corrected chi connectivity index (χ1v) is 12.0. The van der Waals surface area contributed by atoms with Crippen LogP contribution in [0.3, 0.4) is 0 Å². The van der Waals surface area contributed by atoms with Gasteiger partial charge in [-0.2, -0.15) is 0 Å². The molecule has 0 bridgehead atoms. The minimum atomic E-state index is -0.770. The third-order valence-electron chi connectivity index (χ3n) is 6.71. The highest BCUT2D eigenvalue weighted by Gasteiger charge is 2.35. The monoisotopic (exact) mass is 504 g/mol. The molecule has 2 aliphatic heterocycles. The van der Waals surface area contributed by atoms with Crippen molar-refractivity contribution in [3.05, 3.63) is 105 Å². The van der Waals surface area contributed by atoms with Gasteiger partial charge in [0.05, 0.1) is 23.3 Å². The highest BCUT2D eigenvalue weighted by atomic mass is 79.9. The zero-order chi connectivity index (χ0) is 23.0. The molecule has 6 heteroatoms. The zero-order valence-electron chi connectivity index (χ0n) is 18.2. The summed E-state index contributed by atoms with van der Waals surface area (Å²) in [5, 5.41) is 11.1. The number of rotatable bonds is 5. The summed E-state index contributed by atoms with van der Waals surface area (Å²) in [6, 6.07) is 23.0. The van der Waals surface area contributed by atoms with Gasteiger partial charge in [0, 0.05) is 24.1 Å². The second-order valence-corrected chi connectivity index (χ2v) is 9.79. The van der Waals surface area contributed by atoms with E-state index in [0.29, 0.717) is 24.0 Å². The van der Waals surface area contributed by atoms with Crippen LogP contribution >= 0.6 is 15.9 Å². The number of amides is 2. The Morgan fingerprint density at radius 1 is 0.758 bits per heavy atom. The molecule has 3 aromatic carbocycles. The third-order valence-corrected chi connectivity index (χ3v) is 7.24. The van der Waals surface area contributed by atoms with Crippen molar-refractivity contribution in [2.45, 2.75) is 31.5 Å². The maximum absolute atomic E-state index is 12.6. The Hall–Kier alpha value is -2.80. The van der Waals surface area contributed by atoms with Crippen LogP contribution in [0.25, 0.3) is 0 Å². The second-order valence-electron chi connectivity index (χ2n) is 8.87. The van der Waals surface area contributed by atoms with Gasteiger partial charge in [-0.3, -0.25) is 19.4 Å². The number of piperidine rings is 1. The molecule has 0 unspecified atom stereocenters. The van der Waals surface area contributed by atoms with E-state index in [1.807, 2.05) is 36.4 Å². The van der Waals surface area contributed by atoms with Crippen LogP contribution in [-0.2, 0) is 18.7 Å². The van der Waals surface area contributed by atoms with Crippen LogP contribution in [-0.4, -0.2) is 39.8 Å². The van der Waals surface area contributed by atoms with E-state index in [1.165, 1.54) is 10.5 Å². The normalized spacial score (nSPS) is 17.9. The Balaban J connectivity index is 1.18. The Morgan fingerprint density at radius 3 is 1.82 bits per heavy atom. The van der Waals surface area contributed by atoms with Crippen molar-refractivity contribution >= 4 is 27.7 Å². The van der Waals surface area contributed by atoms with Gasteiger partial charge >= 0.3 is 0 Å². The number of imide groups is 1. The Bertz CT molecular complexity index is 1150. The van der Waals surface area contributed by atoms with Crippen LogP contribution in [0.4, 0.5) is 0 Å². The van der Waals surface area contributed by atoms with E-state index in [2.05, 4.69) is 33.0 Å². The van der Waals surface area contributed by atoms with Crippen LogP contribution in [0, 0.1) is 0 Å². The minimum Gasteiger partial charge on any atom is -0.385 e. The second kappa shape index (κ2) is 8.86. The van der Waals surface area contributed by atoms with E-state index in [9.17, 15) is 14.7 Å². The molecule has 1 fully saturated rings. The average molecular weight is 505 g/mol. The molecular weight excluding hydrogens is 480 g/mol. The van der Waals surface area contributed by atoms with Gasteiger partial charge in [0.25, 0.3) is 11.8 Å². The molecule has 3 aromatic rings. The summed E-state index contributed by atoms with van der Waals surface area (Å²) in [5.41, 5.74) is 3.27. The van der Waals surface area contributed by atoms with E-state index in [-0.39, 0.29) is 18.4 Å². The lowest BCUT2D eigenvalue weighted by Crippen LogP contribution is -2.42. The van der Waals surface area contributed by atoms with Crippen LogP contribution in [0.15, 0.2) is 77.3 Å². The number of likely N-dealkylation sites (tertiary alicyclic amines) is 1. The quantitative estimate of drug-likeness (QED) is 0.510. The Kier molecular flexibility index (Phi) is 5.91. The number of aliphatic hydroxyl groups is 1. The molecule has 5 nitrogen and oxygen atoms in total. The standard InChI is InChI=1S/C27H25BrN2O3/c28-22-11-9-21(10-12-22)27(33)13-15-29(16-14-27)17-19-5-7-20(8-6-19)18-30-25(31)23-3-1-2-4-24(23)26(30)32/h1-12,33H,13-18H2. The fraction of sp³-hybridized carbons (Fsp3) is 0.259. The molecule has 2 amide bonds. The average Bonchev–Trinajstić information content (AvgIpc) is 3.07. The van der Waals surface area contributed by atoms with Crippen molar-refractivity contribution in [1.82, 2.24) is 9.80 Å². The summed E-state index contributed by atoms with van der Waals surface area (Å²) in [6.07, 6.45) is 1.40. The largest absolute Gasteiger partial charge is 0.385 e. The summed E-state index contributed by atoms with van der Waals surface area (Å²) < 4.78 is 1.01. The molecular formula is C27H25BrN2O3. The lowest BCUT2D eigenvalue weighted by atomic mass is 9.84. The maximum Gasteiger partial charge on any atom is 0.261 e. The Labute approximate surface area is 201 Å². The number of fused-ring (bicyclic) bond motifs is 1. The number of hydrogen-bond acceptors (Lipinski definition) is 4. The molecule has 1 saturated heterocycles. The molecule has 0 saturated carbocycles. The molecule has 0 aromatic heterocycles. The van der Waals surface area contributed by atoms with Crippen molar-refractivity contribution in [2.24, 2.45) is 0 Å². The molecule has 0 atom stereocenters. The van der Waals surface area contributed by atoms with Gasteiger partial charge in [0.15, 0.2) is 0 Å². The van der Waals surface area contributed by atoms with E-state index in [1.54, 1.807) is 24.3 Å². The molecule has 0 radical (unpaired) electrons. The number of nitrogens with zero attached hydrogens (tertiary/aromatic N) is 2. The number of carbonyl (C=O) groups excluding carboxylic acids is 2. The number of benzene rings is 3. The first-order chi connectivity index (χ1) is 15.9. The number of halogens is 1. The molecule has 33 heavy (non-hydrogen) atoms. The molecule has 2 heterocycles. The van der Waals surface area contributed by atoms with Crippen molar-refractivity contribution in [2.75, 3.05) is 13.1 Å². The van der Waals surface area contributed by atoms with Gasteiger partial charge in [-0.25, -0.2) is 0 Å². The van der Waals surface area contributed by atoms with Gasteiger partial charge < -0.3 is 5.11 Å². The van der Waals surface area contributed by atoms with Crippen molar-refractivity contribution in [1.29, 1.82) is 0 Å². The summed E-state index contributed by atoms with van der Waals surface area (Å²) in [6.45, 7) is 2.73. The van der Waals surface area contributed by atoms with Crippen molar-refractivity contribution in [3.63, 3.8) is 0 Å². The predicted octanol–water partition coefficient (Wildman–Crippen LogP) is 4.73. The molecule has 0 spiro atoms. The number of carbonyl (C=O) groups is 2. The molecule has 5 rings (SSSR count). The summed E-state index contributed by atoms with van der Waals surface area (Å²) in [7, 11) is 0. The van der Waals surface area contributed by atoms with Crippen LogP contribution < -0.4 is 0 Å². The molecule has 168 valence electrons. The van der Waals surface area contributed by atoms with E-state index < -0.39 is 5.60 Å². The summed E-state index contributed by atoms with van der Waals surface area (Å²) in [5.74, 6) is -0.461. The first kappa shape index (κ1) is 22.0. The van der Waals surface area contributed by atoms with Crippen molar-refractivity contribution < 1.29 is 14.7 Å². The van der Waals surface area contributed by atoms with Gasteiger partial charge in [-0.15, -0.1) is 0 Å². The molecule has 0 aliphatic carbocycles. The van der Waals surface area contributed by atoms with Crippen LogP contribution in [0.1, 0.15) is 50.2 Å². The highest BCUT2D eigenvalue weighted by Crippen LogP contribution is 2.34.